The molecule has 0 aliphatic carbocycles. The van der Waals surface area contributed by atoms with Gasteiger partial charge in [-0.05, 0) is 30.7 Å². The Morgan fingerprint density at radius 1 is 1.33 bits per heavy atom. The lowest BCUT2D eigenvalue weighted by molar-refractivity contribution is -0.385. The summed E-state index contributed by atoms with van der Waals surface area (Å²) in [6, 6.07) is 8.72. The van der Waals surface area contributed by atoms with Crippen molar-refractivity contribution in [2.75, 3.05) is 11.9 Å². The zero-order chi connectivity index (χ0) is 15.2. The minimum Gasteiger partial charge on any atom is -0.370 e. The number of anilines is 1. The molecular weight excluding hydrogens is 293 g/mol. The topological polar surface area (TPSA) is 68.1 Å². The molecule has 21 heavy (non-hydrogen) atoms. The number of hydrogen-bond donors (Lipinski definition) is 1. The van der Waals surface area contributed by atoms with E-state index in [1.165, 1.54) is 36.0 Å². The molecule has 2 rings (SSSR count). The van der Waals surface area contributed by atoms with Crippen LogP contribution in [0.3, 0.4) is 0 Å². The first-order chi connectivity index (χ1) is 10.1. The van der Waals surface area contributed by atoms with Crippen molar-refractivity contribution in [1.29, 1.82) is 0 Å². The molecule has 0 amide bonds. The van der Waals surface area contributed by atoms with Crippen LogP contribution in [0.4, 0.5) is 15.9 Å². The van der Waals surface area contributed by atoms with Crippen molar-refractivity contribution in [3.8, 4) is 0 Å². The summed E-state index contributed by atoms with van der Waals surface area (Å²) in [6.45, 7) is 2.69. The van der Waals surface area contributed by atoms with Gasteiger partial charge in [-0.15, -0.1) is 0 Å². The van der Waals surface area contributed by atoms with Gasteiger partial charge >= 0.3 is 0 Å². The van der Waals surface area contributed by atoms with E-state index in [9.17, 15) is 14.5 Å². The van der Waals surface area contributed by atoms with Crippen LogP contribution in [0.2, 0.25) is 0 Å². The van der Waals surface area contributed by atoms with Crippen molar-refractivity contribution in [3.05, 3.63) is 52.3 Å². The van der Waals surface area contributed by atoms with Crippen molar-refractivity contribution in [1.82, 2.24) is 4.98 Å². The summed E-state index contributed by atoms with van der Waals surface area (Å²) in [5, 5.41) is 14.5. The Bertz CT molecular complexity index is 635. The minimum atomic E-state index is -0.451. The first-order valence-electron chi connectivity index (χ1n) is 6.42. The molecule has 0 spiro atoms. The van der Waals surface area contributed by atoms with Crippen molar-refractivity contribution >= 4 is 23.3 Å². The standard InChI is InChI=1S/C14H14FN3O2S/c1-2-7-16-13-8-11(18(19)20)9-14(17-13)21-12-5-3-10(15)4-6-12/h3-6,8-9H,2,7H2,1H3,(H,16,17). The Morgan fingerprint density at radius 2 is 2.05 bits per heavy atom. The molecule has 1 N–H and O–H groups in total. The van der Waals surface area contributed by atoms with E-state index in [1.807, 2.05) is 6.92 Å². The predicted octanol–water partition coefficient (Wildman–Crippen LogP) is 4.10. The number of nitrogens with zero attached hydrogens (tertiary/aromatic N) is 2. The van der Waals surface area contributed by atoms with E-state index in [-0.39, 0.29) is 11.5 Å². The lowest BCUT2D eigenvalue weighted by Gasteiger charge is -2.07. The molecule has 7 heteroatoms. The van der Waals surface area contributed by atoms with Crippen LogP contribution in [0.25, 0.3) is 0 Å². The van der Waals surface area contributed by atoms with Gasteiger partial charge in [0.05, 0.1) is 11.0 Å². The van der Waals surface area contributed by atoms with Crippen molar-refractivity contribution in [2.45, 2.75) is 23.3 Å². The SMILES string of the molecule is CCCNc1cc([N+](=O)[O-])cc(Sc2ccc(F)cc2)n1. The molecule has 1 aromatic heterocycles. The van der Waals surface area contributed by atoms with Gasteiger partial charge < -0.3 is 5.32 Å². The highest BCUT2D eigenvalue weighted by atomic mass is 32.2. The Labute approximate surface area is 125 Å². The molecule has 1 heterocycles. The lowest BCUT2D eigenvalue weighted by atomic mass is 10.3. The second-order valence-corrected chi connectivity index (χ2v) is 5.38. The largest absolute Gasteiger partial charge is 0.370 e. The maximum absolute atomic E-state index is 12.9. The zero-order valence-electron chi connectivity index (χ0n) is 11.4. The van der Waals surface area contributed by atoms with Crippen LogP contribution in [0.15, 0.2) is 46.3 Å². The van der Waals surface area contributed by atoms with Crippen LogP contribution in [0.5, 0.6) is 0 Å². The second-order valence-electron chi connectivity index (χ2n) is 4.29. The van der Waals surface area contributed by atoms with Crippen LogP contribution < -0.4 is 5.32 Å². The Morgan fingerprint density at radius 3 is 2.67 bits per heavy atom. The third-order valence-corrected chi connectivity index (χ3v) is 3.52. The fourth-order valence-electron chi connectivity index (χ4n) is 1.62. The summed E-state index contributed by atoms with van der Waals surface area (Å²) in [7, 11) is 0. The highest BCUT2D eigenvalue weighted by Crippen LogP contribution is 2.30. The molecular formula is C14H14FN3O2S. The van der Waals surface area contributed by atoms with E-state index < -0.39 is 4.92 Å². The van der Waals surface area contributed by atoms with E-state index in [1.54, 1.807) is 12.1 Å². The van der Waals surface area contributed by atoms with E-state index in [0.717, 1.165) is 11.3 Å². The van der Waals surface area contributed by atoms with Gasteiger partial charge in [0.15, 0.2) is 0 Å². The Hall–Kier alpha value is -2.15. The molecule has 1 aromatic carbocycles. The van der Waals surface area contributed by atoms with Gasteiger partial charge in [-0.2, -0.15) is 0 Å². The fourth-order valence-corrected chi connectivity index (χ4v) is 2.45. The van der Waals surface area contributed by atoms with E-state index in [0.29, 0.717) is 17.4 Å². The van der Waals surface area contributed by atoms with Crippen LogP contribution in [-0.2, 0) is 0 Å². The van der Waals surface area contributed by atoms with Crippen LogP contribution in [-0.4, -0.2) is 16.5 Å². The molecule has 0 radical (unpaired) electrons. The monoisotopic (exact) mass is 307 g/mol. The minimum absolute atomic E-state index is 0.0202. The number of halogens is 1. The molecule has 0 atom stereocenters. The maximum Gasteiger partial charge on any atom is 0.275 e. The molecule has 0 bridgehead atoms. The lowest BCUT2D eigenvalue weighted by Crippen LogP contribution is -2.03. The summed E-state index contributed by atoms with van der Waals surface area (Å²) in [5.74, 6) is 0.146. The maximum atomic E-state index is 12.9. The average Bonchev–Trinajstić information content (AvgIpc) is 2.47. The normalized spacial score (nSPS) is 10.4. The molecule has 0 unspecified atom stereocenters. The molecule has 0 fully saturated rings. The first-order valence-corrected chi connectivity index (χ1v) is 7.24. The average molecular weight is 307 g/mol. The smallest absolute Gasteiger partial charge is 0.275 e. The molecule has 110 valence electrons. The van der Waals surface area contributed by atoms with E-state index in [2.05, 4.69) is 10.3 Å². The first kappa shape index (κ1) is 15.2. The molecule has 2 aromatic rings. The molecule has 5 nitrogen and oxygen atoms in total. The van der Waals surface area contributed by atoms with Crippen molar-refractivity contribution in [3.63, 3.8) is 0 Å². The number of benzene rings is 1. The Kier molecular flexibility index (Phi) is 5.10. The van der Waals surface area contributed by atoms with Crippen LogP contribution in [0, 0.1) is 15.9 Å². The quantitative estimate of drug-likeness (QED) is 0.642. The third kappa shape index (κ3) is 4.42. The van der Waals surface area contributed by atoms with Gasteiger partial charge in [-0.3, -0.25) is 10.1 Å². The van der Waals surface area contributed by atoms with Gasteiger partial charge in [0.1, 0.15) is 16.7 Å². The summed E-state index contributed by atoms with van der Waals surface area (Å²) in [5.41, 5.74) is -0.0202. The predicted molar refractivity (Wildman–Crippen MR) is 80.2 cm³/mol. The van der Waals surface area contributed by atoms with E-state index >= 15 is 0 Å². The molecule has 0 aliphatic rings. The summed E-state index contributed by atoms with van der Waals surface area (Å²) < 4.78 is 12.9. The number of aromatic nitrogens is 1. The van der Waals surface area contributed by atoms with E-state index in [4.69, 9.17) is 0 Å². The summed E-state index contributed by atoms with van der Waals surface area (Å²) >= 11 is 1.25. The highest BCUT2D eigenvalue weighted by molar-refractivity contribution is 7.99. The number of nitrogens with one attached hydrogen (secondary N) is 1. The van der Waals surface area contributed by atoms with Gasteiger partial charge in [0.2, 0.25) is 0 Å². The zero-order valence-corrected chi connectivity index (χ0v) is 12.2. The molecule has 0 saturated carbocycles. The summed E-state index contributed by atoms with van der Waals surface area (Å²) in [6.07, 6.45) is 0.894. The Balaban J connectivity index is 2.26. The number of hydrogen-bond acceptors (Lipinski definition) is 5. The second kappa shape index (κ2) is 7.03. The van der Waals surface area contributed by atoms with Crippen molar-refractivity contribution in [2.24, 2.45) is 0 Å². The molecule has 0 saturated heterocycles. The van der Waals surface area contributed by atoms with Crippen LogP contribution in [0.1, 0.15) is 13.3 Å². The van der Waals surface area contributed by atoms with Gasteiger partial charge in [-0.1, -0.05) is 18.7 Å². The number of pyridine rings is 1. The van der Waals surface area contributed by atoms with Crippen LogP contribution >= 0.6 is 11.8 Å². The van der Waals surface area contributed by atoms with Gasteiger partial charge in [-0.25, -0.2) is 9.37 Å². The number of nitro groups is 1. The van der Waals surface area contributed by atoms with Gasteiger partial charge in [0.25, 0.3) is 5.69 Å². The highest BCUT2D eigenvalue weighted by Gasteiger charge is 2.12. The number of rotatable bonds is 6. The van der Waals surface area contributed by atoms with Crippen molar-refractivity contribution < 1.29 is 9.31 Å². The fraction of sp³-hybridized carbons (Fsp3) is 0.214. The summed E-state index contributed by atoms with van der Waals surface area (Å²) in [4.78, 5) is 15.6. The van der Waals surface area contributed by atoms with Gasteiger partial charge in [0, 0.05) is 17.5 Å². The molecule has 0 aliphatic heterocycles. The third-order valence-electron chi connectivity index (χ3n) is 2.59.